The molecule has 2 aliphatic heterocycles. The molecular formula is C33H34O4S2. The normalized spacial score (nSPS) is 16.2. The maximum absolute atomic E-state index is 6.08. The average molecular weight is 559 g/mol. The van der Waals surface area contributed by atoms with E-state index in [0.29, 0.717) is 26.4 Å². The fourth-order valence-electron chi connectivity index (χ4n) is 6.52. The number of hydrogen-bond donors (Lipinski definition) is 0. The van der Waals surface area contributed by atoms with E-state index in [2.05, 4.69) is 61.0 Å². The lowest BCUT2D eigenvalue weighted by Gasteiger charge is -2.33. The summed E-state index contributed by atoms with van der Waals surface area (Å²) in [5.41, 5.74) is 8.15. The molecule has 0 saturated carbocycles. The monoisotopic (exact) mass is 558 g/mol. The third-order valence-corrected chi connectivity index (χ3v) is 10.4. The van der Waals surface area contributed by atoms with E-state index >= 15 is 0 Å². The van der Waals surface area contributed by atoms with Crippen molar-refractivity contribution in [3.8, 4) is 55.0 Å². The molecule has 4 heterocycles. The average Bonchev–Trinajstić information content (AvgIpc) is 3.68. The Morgan fingerprint density at radius 3 is 1.56 bits per heavy atom. The lowest BCUT2D eigenvalue weighted by Crippen LogP contribution is -2.25. The molecule has 4 nitrogen and oxygen atoms in total. The van der Waals surface area contributed by atoms with Crippen LogP contribution in [0, 0.1) is 0 Å². The number of unbranched alkanes of at least 4 members (excludes halogenated alkanes) is 2. The molecular weight excluding hydrogens is 524 g/mol. The van der Waals surface area contributed by atoms with Crippen molar-refractivity contribution >= 4 is 22.7 Å². The predicted molar refractivity (Wildman–Crippen MR) is 160 cm³/mol. The van der Waals surface area contributed by atoms with Crippen LogP contribution in [0.1, 0.15) is 63.5 Å². The van der Waals surface area contributed by atoms with Crippen molar-refractivity contribution in [2.24, 2.45) is 0 Å². The summed E-state index contributed by atoms with van der Waals surface area (Å²) in [6, 6.07) is 14.2. The molecule has 39 heavy (non-hydrogen) atoms. The Morgan fingerprint density at radius 1 is 0.641 bits per heavy atom. The Kier molecular flexibility index (Phi) is 6.56. The minimum Gasteiger partial charge on any atom is -0.485 e. The molecule has 0 radical (unpaired) electrons. The standard InChI is InChI=1S/C33H34O4S2/c1-3-5-11-33(12-6-4-2)25-17-21(31-29-27(19-38-31)34-13-15-36-29)7-9-23(25)24-10-8-22(18-26(24)33)32-30-28(20-39-32)35-14-16-37-30/h7-10,17-20H,3-6,11-16H2,1-2H3. The van der Waals surface area contributed by atoms with E-state index in [4.69, 9.17) is 18.9 Å². The summed E-state index contributed by atoms with van der Waals surface area (Å²) in [6.07, 6.45) is 7.08. The zero-order valence-electron chi connectivity index (χ0n) is 22.6. The van der Waals surface area contributed by atoms with Gasteiger partial charge in [0.25, 0.3) is 0 Å². The van der Waals surface area contributed by atoms with E-state index in [1.165, 1.54) is 68.8 Å². The molecule has 0 spiro atoms. The highest BCUT2D eigenvalue weighted by molar-refractivity contribution is 7.14. The van der Waals surface area contributed by atoms with Gasteiger partial charge in [0.1, 0.15) is 26.4 Å². The van der Waals surface area contributed by atoms with E-state index in [0.717, 1.165) is 35.8 Å². The van der Waals surface area contributed by atoms with E-state index in [9.17, 15) is 0 Å². The molecule has 2 aromatic heterocycles. The molecule has 3 aliphatic rings. The predicted octanol–water partition coefficient (Wildman–Crippen LogP) is 9.33. The quantitative estimate of drug-likeness (QED) is 0.216. The summed E-state index contributed by atoms with van der Waals surface area (Å²) in [5.74, 6) is 3.56. The minimum absolute atomic E-state index is 0.00787. The third kappa shape index (κ3) is 4.06. The molecule has 0 bridgehead atoms. The van der Waals surface area contributed by atoms with Gasteiger partial charge in [0.15, 0.2) is 23.0 Å². The van der Waals surface area contributed by atoms with E-state index in [-0.39, 0.29) is 5.41 Å². The number of benzene rings is 2. The highest BCUT2D eigenvalue weighted by atomic mass is 32.1. The van der Waals surface area contributed by atoms with Gasteiger partial charge in [-0.1, -0.05) is 63.8 Å². The highest BCUT2D eigenvalue weighted by Crippen LogP contribution is 2.57. The number of ether oxygens (including phenoxy) is 4. The number of hydrogen-bond acceptors (Lipinski definition) is 6. The molecule has 202 valence electrons. The fraction of sp³-hybridized carbons (Fsp3) is 0.394. The van der Waals surface area contributed by atoms with Crippen molar-refractivity contribution in [3.63, 3.8) is 0 Å². The molecule has 0 atom stereocenters. The van der Waals surface area contributed by atoms with Crippen LogP contribution in [-0.4, -0.2) is 26.4 Å². The second kappa shape index (κ2) is 10.2. The molecule has 0 fully saturated rings. The van der Waals surface area contributed by atoms with Crippen molar-refractivity contribution < 1.29 is 18.9 Å². The van der Waals surface area contributed by atoms with Crippen molar-refractivity contribution in [1.82, 2.24) is 0 Å². The highest BCUT2D eigenvalue weighted by Gasteiger charge is 2.43. The van der Waals surface area contributed by atoms with Gasteiger partial charge in [0.2, 0.25) is 0 Å². The van der Waals surface area contributed by atoms with E-state index in [1.54, 1.807) is 22.7 Å². The van der Waals surface area contributed by atoms with Gasteiger partial charge in [0.05, 0.1) is 9.75 Å². The lowest BCUT2D eigenvalue weighted by molar-refractivity contribution is 0.174. The summed E-state index contributed by atoms with van der Waals surface area (Å²) in [5, 5.41) is 4.18. The van der Waals surface area contributed by atoms with Crippen LogP contribution in [0.5, 0.6) is 23.0 Å². The Morgan fingerprint density at radius 2 is 1.10 bits per heavy atom. The van der Waals surface area contributed by atoms with Crippen molar-refractivity contribution in [3.05, 3.63) is 58.3 Å². The molecule has 4 aromatic rings. The van der Waals surface area contributed by atoms with Gasteiger partial charge in [0, 0.05) is 16.2 Å². The number of thiophene rings is 2. The maximum Gasteiger partial charge on any atom is 0.179 e. The van der Waals surface area contributed by atoms with Crippen molar-refractivity contribution in [1.29, 1.82) is 0 Å². The first kappa shape index (κ1) is 25.0. The second-order valence-corrected chi connectivity index (χ2v) is 12.5. The SMILES string of the molecule is CCCCC1(CCCC)c2cc(-c3scc4c3OCCO4)ccc2-c2ccc(-c3scc4c3OCCO4)cc21. The van der Waals surface area contributed by atoms with Gasteiger partial charge in [-0.15, -0.1) is 22.7 Å². The van der Waals surface area contributed by atoms with Gasteiger partial charge in [-0.3, -0.25) is 0 Å². The van der Waals surface area contributed by atoms with Crippen molar-refractivity contribution in [2.45, 2.75) is 57.8 Å². The molecule has 0 N–H and O–H groups in total. The van der Waals surface area contributed by atoms with Crippen molar-refractivity contribution in [2.75, 3.05) is 26.4 Å². The first-order chi connectivity index (χ1) is 19.2. The molecule has 0 saturated heterocycles. The van der Waals surface area contributed by atoms with Crippen LogP contribution in [0.3, 0.4) is 0 Å². The summed E-state index contributed by atoms with van der Waals surface area (Å²) in [6.45, 7) is 7.06. The van der Waals surface area contributed by atoms with Gasteiger partial charge in [-0.2, -0.15) is 0 Å². The van der Waals surface area contributed by atoms with Crippen LogP contribution in [0.4, 0.5) is 0 Å². The second-order valence-electron chi connectivity index (χ2n) is 10.7. The Labute approximate surface area is 238 Å². The van der Waals surface area contributed by atoms with E-state index < -0.39 is 0 Å². The summed E-state index contributed by atoms with van der Waals surface area (Å²) in [4.78, 5) is 2.35. The van der Waals surface area contributed by atoms with Gasteiger partial charge >= 0.3 is 0 Å². The van der Waals surface area contributed by atoms with E-state index in [1.807, 2.05) is 0 Å². The smallest absolute Gasteiger partial charge is 0.179 e. The zero-order chi connectivity index (χ0) is 26.4. The molecule has 7 rings (SSSR count). The van der Waals surface area contributed by atoms with Crippen LogP contribution in [0.25, 0.3) is 32.0 Å². The summed E-state index contributed by atoms with van der Waals surface area (Å²) >= 11 is 3.45. The Hall–Kier alpha value is -2.96. The molecule has 0 amide bonds. The Balaban J connectivity index is 1.39. The van der Waals surface area contributed by atoms with Crippen LogP contribution in [0.15, 0.2) is 47.2 Å². The van der Waals surface area contributed by atoms with Crippen LogP contribution >= 0.6 is 22.7 Å². The first-order valence-corrected chi connectivity index (χ1v) is 16.0. The number of fused-ring (bicyclic) bond motifs is 5. The summed E-state index contributed by atoms with van der Waals surface area (Å²) < 4.78 is 23.9. The Bertz CT molecular complexity index is 1400. The third-order valence-electron chi connectivity index (χ3n) is 8.40. The van der Waals surface area contributed by atoms with Crippen LogP contribution < -0.4 is 18.9 Å². The molecule has 1 aliphatic carbocycles. The zero-order valence-corrected chi connectivity index (χ0v) is 24.3. The molecule has 6 heteroatoms. The molecule has 2 aromatic carbocycles. The maximum atomic E-state index is 6.08. The van der Waals surface area contributed by atoms with Crippen LogP contribution in [-0.2, 0) is 5.41 Å². The summed E-state index contributed by atoms with van der Waals surface area (Å²) in [7, 11) is 0. The topological polar surface area (TPSA) is 36.9 Å². The van der Waals surface area contributed by atoms with Gasteiger partial charge < -0.3 is 18.9 Å². The van der Waals surface area contributed by atoms with Gasteiger partial charge in [-0.05, 0) is 58.4 Å². The number of rotatable bonds is 8. The largest absolute Gasteiger partial charge is 0.485 e. The lowest BCUT2D eigenvalue weighted by atomic mass is 9.70. The minimum atomic E-state index is -0.00787. The fourth-order valence-corrected chi connectivity index (χ4v) is 8.38. The van der Waals surface area contributed by atoms with Crippen LogP contribution in [0.2, 0.25) is 0 Å². The first-order valence-electron chi connectivity index (χ1n) is 14.3. The van der Waals surface area contributed by atoms with Gasteiger partial charge in [-0.25, -0.2) is 0 Å². The molecule has 0 unspecified atom stereocenters.